The van der Waals surface area contributed by atoms with Gasteiger partial charge in [0, 0.05) is 16.6 Å². The summed E-state index contributed by atoms with van der Waals surface area (Å²) in [6.07, 6.45) is 1.26. The maximum atomic E-state index is 13.6. The minimum atomic E-state index is -3.90. The van der Waals surface area contributed by atoms with Crippen LogP contribution in [0, 0.1) is 5.82 Å². The molecule has 0 radical (unpaired) electrons. The summed E-state index contributed by atoms with van der Waals surface area (Å²) in [5, 5.41) is 0. The quantitative estimate of drug-likeness (QED) is 0.825. The molecule has 0 aliphatic heterocycles. The molecule has 0 atom stereocenters. The molecule has 0 spiro atoms. The second-order valence-electron chi connectivity index (χ2n) is 4.47. The SMILES string of the molecule is CCC(N)(CC)CNS(=O)(=O)c1cc(Br)ccc1F. The van der Waals surface area contributed by atoms with Crippen molar-refractivity contribution in [2.45, 2.75) is 37.1 Å². The van der Waals surface area contributed by atoms with Gasteiger partial charge < -0.3 is 5.73 Å². The lowest BCUT2D eigenvalue weighted by atomic mass is 9.95. The van der Waals surface area contributed by atoms with E-state index in [0.29, 0.717) is 17.3 Å². The van der Waals surface area contributed by atoms with E-state index in [1.54, 1.807) is 0 Å². The van der Waals surface area contributed by atoms with Gasteiger partial charge in [-0.25, -0.2) is 17.5 Å². The number of nitrogens with two attached hydrogens (primary N) is 1. The van der Waals surface area contributed by atoms with E-state index in [1.165, 1.54) is 12.1 Å². The zero-order chi connectivity index (χ0) is 14.7. The highest BCUT2D eigenvalue weighted by Crippen LogP contribution is 2.20. The summed E-state index contributed by atoms with van der Waals surface area (Å²) in [5.41, 5.74) is 5.40. The summed E-state index contributed by atoms with van der Waals surface area (Å²) in [7, 11) is -3.90. The van der Waals surface area contributed by atoms with Crippen molar-refractivity contribution in [3.05, 3.63) is 28.5 Å². The van der Waals surface area contributed by atoms with E-state index in [4.69, 9.17) is 5.73 Å². The molecule has 4 nitrogen and oxygen atoms in total. The first-order valence-corrected chi connectivity index (χ1v) is 8.25. The molecule has 1 rings (SSSR count). The lowest BCUT2D eigenvalue weighted by molar-refractivity contribution is 0.391. The minimum Gasteiger partial charge on any atom is -0.324 e. The van der Waals surface area contributed by atoms with Crippen molar-refractivity contribution in [3.63, 3.8) is 0 Å². The Morgan fingerprint density at radius 3 is 2.47 bits per heavy atom. The van der Waals surface area contributed by atoms with E-state index in [9.17, 15) is 12.8 Å². The van der Waals surface area contributed by atoms with E-state index < -0.39 is 21.4 Å². The van der Waals surface area contributed by atoms with Crippen LogP contribution in [0.5, 0.6) is 0 Å². The zero-order valence-electron chi connectivity index (χ0n) is 10.9. The average Bonchev–Trinajstić information content (AvgIpc) is 2.39. The van der Waals surface area contributed by atoms with Gasteiger partial charge >= 0.3 is 0 Å². The fourth-order valence-corrected chi connectivity index (χ4v) is 3.25. The van der Waals surface area contributed by atoms with Gasteiger partial charge in [0.25, 0.3) is 0 Å². The van der Waals surface area contributed by atoms with Crippen LogP contribution in [-0.4, -0.2) is 20.5 Å². The Hall–Kier alpha value is -0.500. The van der Waals surface area contributed by atoms with Gasteiger partial charge in [0.1, 0.15) is 10.7 Å². The van der Waals surface area contributed by atoms with E-state index in [2.05, 4.69) is 20.7 Å². The van der Waals surface area contributed by atoms with Crippen LogP contribution in [0.15, 0.2) is 27.6 Å². The highest BCUT2D eigenvalue weighted by atomic mass is 79.9. The number of halogens is 2. The molecule has 108 valence electrons. The first-order chi connectivity index (χ1) is 8.74. The third-order valence-corrected chi connectivity index (χ3v) is 5.11. The molecule has 1 aromatic carbocycles. The van der Waals surface area contributed by atoms with Crippen LogP contribution in [0.2, 0.25) is 0 Å². The molecule has 0 fully saturated rings. The molecule has 0 bridgehead atoms. The monoisotopic (exact) mass is 352 g/mol. The third-order valence-electron chi connectivity index (χ3n) is 3.21. The van der Waals surface area contributed by atoms with Crippen LogP contribution in [0.4, 0.5) is 4.39 Å². The summed E-state index contributed by atoms with van der Waals surface area (Å²) >= 11 is 3.12. The summed E-state index contributed by atoms with van der Waals surface area (Å²) in [5.74, 6) is -0.786. The first kappa shape index (κ1) is 16.6. The van der Waals surface area contributed by atoms with Gasteiger partial charge in [-0.1, -0.05) is 29.8 Å². The molecule has 0 unspecified atom stereocenters. The Balaban J connectivity index is 2.96. The number of sulfonamides is 1. The van der Waals surface area contributed by atoms with Crippen molar-refractivity contribution in [3.8, 4) is 0 Å². The van der Waals surface area contributed by atoms with Crippen molar-refractivity contribution in [1.82, 2.24) is 4.72 Å². The van der Waals surface area contributed by atoms with Gasteiger partial charge in [0.2, 0.25) is 10.0 Å². The normalized spacial score (nSPS) is 12.7. The second kappa shape index (κ2) is 6.30. The molecule has 1 aromatic rings. The predicted molar refractivity (Wildman–Crippen MR) is 76.8 cm³/mol. The van der Waals surface area contributed by atoms with Crippen molar-refractivity contribution in [1.29, 1.82) is 0 Å². The predicted octanol–water partition coefficient (Wildman–Crippen LogP) is 2.38. The number of hydrogen-bond acceptors (Lipinski definition) is 3. The molecule has 0 saturated heterocycles. The summed E-state index contributed by atoms with van der Waals surface area (Å²) in [6.45, 7) is 3.85. The molecule has 0 amide bonds. The molecule has 0 saturated carbocycles. The summed E-state index contributed by atoms with van der Waals surface area (Å²) < 4.78 is 40.6. The van der Waals surface area contributed by atoms with Crippen LogP contribution in [0.3, 0.4) is 0 Å². The van der Waals surface area contributed by atoms with Crippen LogP contribution in [-0.2, 0) is 10.0 Å². The van der Waals surface area contributed by atoms with E-state index in [0.717, 1.165) is 6.07 Å². The topological polar surface area (TPSA) is 72.2 Å². The Bertz CT molecular complexity index is 545. The molecular weight excluding hydrogens is 335 g/mol. The lowest BCUT2D eigenvalue weighted by Gasteiger charge is -2.26. The van der Waals surface area contributed by atoms with E-state index in [-0.39, 0.29) is 11.4 Å². The lowest BCUT2D eigenvalue weighted by Crippen LogP contribution is -2.49. The van der Waals surface area contributed by atoms with Gasteiger partial charge in [-0.15, -0.1) is 0 Å². The Morgan fingerprint density at radius 2 is 1.95 bits per heavy atom. The third kappa shape index (κ3) is 4.24. The van der Waals surface area contributed by atoms with Crippen LogP contribution >= 0.6 is 15.9 Å². The summed E-state index contributed by atoms with van der Waals surface area (Å²) in [6, 6.07) is 3.78. The standard InChI is InChI=1S/C12H18BrFN2O2S/c1-3-12(15,4-2)8-16-19(17,18)11-7-9(13)5-6-10(11)14/h5-7,16H,3-4,8,15H2,1-2H3. The fraction of sp³-hybridized carbons (Fsp3) is 0.500. The Labute approximate surface area is 121 Å². The van der Waals surface area contributed by atoms with E-state index >= 15 is 0 Å². The highest BCUT2D eigenvalue weighted by Gasteiger charge is 2.25. The van der Waals surface area contributed by atoms with Crippen molar-refractivity contribution in [2.75, 3.05) is 6.54 Å². The molecule has 0 aliphatic carbocycles. The van der Waals surface area contributed by atoms with Crippen LogP contribution in [0.1, 0.15) is 26.7 Å². The number of benzene rings is 1. The molecule has 3 N–H and O–H groups in total. The maximum Gasteiger partial charge on any atom is 0.243 e. The fourth-order valence-electron chi connectivity index (χ4n) is 1.50. The van der Waals surface area contributed by atoms with Crippen molar-refractivity contribution < 1.29 is 12.8 Å². The highest BCUT2D eigenvalue weighted by molar-refractivity contribution is 9.10. The van der Waals surface area contributed by atoms with Gasteiger partial charge in [-0.3, -0.25) is 0 Å². The van der Waals surface area contributed by atoms with Crippen molar-refractivity contribution >= 4 is 26.0 Å². The van der Waals surface area contributed by atoms with Gasteiger partial charge in [0.05, 0.1) is 0 Å². The number of rotatable bonds is 6. The Morgan fingerprint density at radius 1 is 1.37 bits per heavy atom. The van der Waals surface area contributed by atoms with Gasteiger partial charge in [-0.2, -0.15) is 0 Å². The van der Waals surface area contributed by atoms with Crippen LogP contribution in [0.25, 0.3) is 0 Å². The van der Waals surface area contributed by atoms with Crippen LogP contribution < -0.4 is 10.5 Å². The largest absolute Gasteiger partial charge is 0.324 e. The van der Waals surface area contributed by atoms with Gasteiger partial charge in [0.15, 0.2) is 0 Å². The zero-order valence-corrected chi connectivity index (χ0v) is 13.3. The van der Waals surface area contributed by atoms with E-state index in [1.807, 2.05) is 13.8 Å². The molecular formula is C12H18BrFN2O2S. The maximum absolute atomic E-state index is 13.6. The molecule has 0 aliphatic rings. The van der Waals surface area contributed by atoms with Gasteiger partial charge in [-0.05, 0) is 31.0 Å². The minimum absolute atomic E-state index is 0.0777. The second-order valence-corrected chi connectivity index (χ2v) is 7.12. The Kier molecular flexibility index (Phi) is 5.49. The average molecular weight is 353 g/mol. The summed E-state index contributed by atoms with van der Waals surface area (Å²) in [4.78, 5) is -0.378. The molecule has 7 heteroatoms. The number of hydrogen-bond donors (Lipinski definition) is 2. The molecule has 19 heavy (non-hydrogen) atoms. The first-order valence-electron chi connectivity index (χ1n) is 5.97. The number of nitrogens with one attached hydrogen (secondary N) is 1. The molecule has 0 aromatic heterocycles. The molecule has 0 heterocycles. The van der Waals surface area contributed by atoms with Crippen molar-refractivity contribution in [2.24, 2.45) is 5.73 Å². The smallest absolute Gasteiger partial charge is 0.243 e.